The maximum absolute atomic E-state index is 6.14. The Morgan fingerprint density at radius 3 is 2.69 bits per heavy atom. The van der Waals surface area contributed by atoms with Crippen LogP contribution in [0.3, 0.4) is 0 Å². The van der Waals surface area contributed by atoms with Crippen LogP contribution in [-0.2, 0) is 4.74 Å². The number of rotatable bonds is 2. The monoisotopic (exact) mass is 226 g/mol. The highest BCUT2D eigenvalue weighted by Gasteiger charge is 2.44. The quantitative estimate of drug-likeness (QED) is 0.777. The van der Waals surface area contributed by atoms with E-state index in [1.54, 1.807) is 0 Å². The first kappa shape index (κ1) is 12.3. The molecule has 2 saturated heterocycles. The van der Waals surface area contributed by atoms with Crippen molar-refractivity contribution in [1.82, 2.24) is 10.2 Å². The van der Waals surface area contributed by atoms with Crippen molar-refractivity contribution in [2.45, 2.75) is 52.3 Å². The van der Waals surface area contributed by atoms with E-state index in [1.807, 2.05) is 0 Å². The van der Waals surface area contributed by atoms with E-state index >= 15 is 0 Å². The van der Waals surface area contributed by atoms with Crippen molar-refractivity contribution in [2.75, 3.05) is 26.2 Å². The molecule has 2 aliphatic heterocycles. The molecule has 2 heterocycles. The molecule has 0 bridgehead atoms. The molecule has 1 N–H and O–H groups in total. The van der Waals surface area contributed by atoms with Crippen molar-refractivity contribution in [3.8, 4) is 0 Å². The number of hydrogen-bond donors (Lipinski definition) is 1. The average Bonchev–Trinajstić information content (AvgIpc) is 2.71. The van der Waals surface area contributed by atoms with Crippen LogP contribution in [0.2, 0.25) is 0 Å². The molecule has 0 spiro atoms. The Kier molecular flexibility index (Phi) is 3.30. The molecular weight excluding hydrogens is 200 g/mol. The predicted octanol–water partition coefficient (Wildman–Crippen LogP) is 1.83. The van der Waals surface area contributed by atoms with Crippen LogP contribution >= 0.6 is 0 Å². The third-order valence-corrected chi connectivity index (χ3v) is 4.09. The lowest BCUT2D eigenvalue weighted by Crippen LogP contribution is -2.64. The van der Waals surface area contributed by atoms with Crippen LogP contribution in [-0.4, -0.2) is 42.9 Å². The number of likely N-dealkylation sites (tertiary alicyclic amines) is 1. The predicted molar refractivity (Wildman–Crippen MR) is 66.4 cm³/mol. The van der Waals surface area contributed by atoms with E-state index in [4.69, 9.17) is 4.74 Å². The summed E-state index contributed by atoms with van der Waals surface area (Å²) in [7, 11) is 0. The maximum Gasteiger partial charge on any atom is 0.132 e. The third kappa shape index (κ3) is 2.27. The van der Waals surface area contributed by atoms with Crippen molar-refractivity contribution >= 4 is 0 Å². The van der Waals surface area contributed by atoms with Gasteiger partial charge in [-0.25, -0.2) is 0 Å². The van der Waals surface area contributed by atoms with Gasteiger partial charge in [-0.3, -0.25) is 10.2 Å². The minimum Gasteiger partial charge on any atom is -0.359 e. The molecule has 0 aromatic heterocycles. The summed E-state index contributed by atoms with van der Waals surface area (Å²) >= 11 is 0. The fourth-order valence-corrected chi connectivity index (χ4v) is 2.90. The number of nitrogens with one attached hydrogen (secondary N) is 1. The summed E-state index contributed by atoms with van der Waals surface area (Å²) in [5.41, 5.74) is 0.136. The number of hydrogen-bond acceptors (Lipinski definition) is 3. The molecule has 0 aromatic rings. The summed E-state index contributed by atoms with van der Waals surface area (Å²) in [6.45, 7) is 13.3. The smallest absolute Gasteiger partial charge is 0.132 e. The molecule has 2 atom stereocenters. The van der Waals surface area contributed by atoms with E-state index in [-0.39, 0.29) is 11.1 Å². The number of nitrogens with zero attached hydrogens (tertiary/aromatic N) is 1. The first-order valence-corrected chi connectivity index (χ1v) is 6.60. The van der Waals surface area contributed by atoms with E-state index in [0.29, 0.717) is 6.04 Å². The zero-order valence-electron chi connectivity index (χ0n) is 11.2. The number of likely N-dealkylation sites (N-methyl/N-ethyl adjacent to an activating group) is 1. The first-order chi connectivity index (χ1) is 7.47. The Bertz CT molecular complexity index is 242. The second-order valence-corrected chi connectivity index (χ2v) is 6.20. The summed E-state index contributed by atoms with van der Waals surface area (Å²) in [6.07, 6.45) is 2.57. The Morgan fingerprint density at radius 1 is 1.38 bits per heavy atom. The van der Waals surface area contributed by atoms with Gasteiger partial charge in [-0.15, -0.1) is 0 Å². The van der Waals surface area contributed by atoms with Crippen LogP contribution in [0.25, 0.3) is 0 Å². The summed E-state index contributed by atoms with van der Waals surface area (Å²) in [6, 6.07) is 0.550. The zero-order valence-corrected chi connectivity index (χ0v) is 11.2. The van der Waals surface area contributed by atoms with Crippen LogP contribution in [0.15, 0.2) is 0 Å². The van der Waals surface area contributed by atoms with Gasteiger partial charge < -0.3 is 4.74 Å². The molecule has 2 unspecified atom stereocenters. The van der Waals surface area contributed by atoms with E-state index < -0.39 is 0 Å². The Morgan fingerprint density at radius 2 is 2.12 bits per heavy atom. The SMILES string of the molecule is CCN1CCCC1C1(C)NCC(C)(C)CO1. The molecule has 2 fully saturated rings. The van der Waals surface area contributed by atoms with Crippen molar-refractivity contribution in [3.63, 3.8) is 0 Å². The molecule has 3 nitrogen and oxygen atoms in total. The molecule has 0 aromatic carbocycles. The van der Waals surface area contributed by atoms with Gasteiger partial charge in [-0.1, -0.05) is 20.8 Å². The molecule has 3 heteroatoms. The summed E-state index contributed by atoms with van der Waals surface area (Å²) in [4.78, 5) is 2.55. The largest absolute Gasteiger partial charge is 0.359 e. The second-order valence-electron chi connectivity index (χ2n) is 6.20. The normalized spacial score (nSPS) is 40.1. The highest BCUT2D eigenvalue weighted by atomic mass is 16.5. The van der Waals surface area contributed by atoms with Gasteiger partial charge in [-0.05, 0) is 32.9 Å². The van der Waals surface area contributed by atoms with Gasteiger partial charge in [0.25, 0.3) is 0 Å². The van der Waals surface area contributed by atoms with Crippen molar-refractivity contribution in [1.29, 1.82) is 0 Å². The summed E-state index contributed by atoms with van der Waals surface area (Å²) < 4.78 is 6.14. The van der Waals surface area contributed by atoms with Gasteiger partial charge in [0.2, 0.25) is 0 Å². The van der Waals surface area contributed by atoms with Crippen LogP contribution in [0.5, 0.6) is 0 Å². The summed E-state index contributed by atoms with van der Waals surface area (Å²) in [5, 5.41) is 3.63. The highest BCUT2D eigenvalue weighted by Crippen LogP contribution is 2.33. The van der Waals surface area contributed by atoms with E-state index in [9.17, 15) is 0 Å². The van der Waals surface area contributed by atoms with Crippen molar-refractivity contribution in [2.24, 2.45) is 5.41 Å². The highest BCUT2D eigenvalue weighted by molar-refractivity contribution is 4.96. The first-order valence-electron chi connectivity index (χ1n) is 6.60. The van der Waals surface area contributed by atoms with Crippen molar-refractivity contribution < 1.29 is 4.74 Å². The van der Waals surface area contributed by atoms with Gasteiger partial charge >= 0.3 is 0 Å². The van der Waals surface area contributed by atoms with Gasteiger partial charge in [0, 0.05) is 12.0 Å². The molecule has 0 aliphatic carbocycles. The van der Waals surface area contributed by atoms with Crippen LogP contribution < -0.4 is 5.32 Å². The minimum absolute atomic E-state index is 0.137. The lowest BCUT2D eigenvalue weighted by molar-refractivity contribution is -0.158. The topological polar surface area (TPSA) is 24.5 Å². The van der Waals surface area contributed by atoms with E-state index in [2.05, 4.69) is 37.9 Å². The molecule has 94 valence electrons. The molecule has 0 radical (unpaired) electrons. The standard InChI is InChI=1S/C13H26N2O/c1-5-15-8-6-7-11(15)13(4)14-9-12(2,3)10-16-13/h11,14H,5-10H2,1-4H3. The van der Waals surface area contributed by atoms with Gasteiger partial charge in [0.05, 0.1) is 12.6 Å². The summed E-state index contributed by atoms with van der Waals surface area (Å²) in [5.74, 6) is 0. The molecule has 2 aliphatic rings. The van der Waals surface area contributed by atoms with E-state index in [0.717, 1.165) is 19.7 Å². The minimum atomic E-state index is -0.137. The molecule has 0 saturated carbocycles. The fraction of sp³-hybridized carbons (Fsp3) is 1.00. The van der Waals surface area contributed by atoms with E-state index in [1.165, 1.54) is 19.4 Å². The number of ether oxygens (including phenoxy) is 1. The second kappa shape index (κ2) is 4.28. The lowest BCUT2D eigenvalue weighted by Gasteiger charge is -2.47. The average molecular weight is 226 g/mol. The van der Waals surface area contributed by atoms with Crippen molar-refractivity contribution in [3.05, 3.63) is 0 Å². The Labute approximate surface area is 99.5 Å². The Hall–Kier alpha value is -0.120. The van der Waals surface area contributed by atoms with Gasteiger partial charge in [-0.2, -0.15) is 0 Å². The Balaban J connectivity index is 2.03. The molecule has 2 rings (SSSR count). The lowest BCUT2D eigenvalue weighted by atomic mass is 9.90. The third-order valence-electron chi connectivity index (χ3n) is 4.09. The van der Waals surface area contributed by atoms with Crippen LogP contribution in [0.1, 0.15) is 40.5 Å². The van der Waals surface area contributed by atoms with Crippen LogP contribution in [0.4, 0.5) is 0 Å². The molecular formula is C13H26N2O. The molecule has 0 amide bonds. The van der Waals surface area contributed by atoms with Crippen LogP contribution in [0, 0.1) is 5.41 Å². The van der Waals surface area contributed by atoms with Gasteiger partial charge in [0.15, 0.2) is 0 Å². The fourth-order valence-electron chi connectivity index (χ4n) is 2.90. The molecule has 16 heavy (non-hydrogen) atoms. The van der Waals surface area contributed by atoms with Gasteiger partial charge in [0.1, 0.15) is 5.72 Å². The zero-order chi connectivity index (χ0) is 11.8. The maximum atomic E-state index is 6.14.